The molecule has 1 N–H and O–H groups in total. The van der Waals surface area contributed by atoms with Crippen LogP contribution in [0.5, 0.6) is 11.5 Å². The number of thioether (sulfide) groups is 1. The summed E-state index contributed by atoms with van der Waals surface area (Å²) in [4.78, 5) is 12.5. The molecule has 0 unspecified atom stereocenters. The summed E-state index contributed by atoms with van der Waals surface area (Å²) in [7, 11) is 1.65. The lowest BCUT2D eigenvalue weighted by atomic mass is 10.2. The van der Waals surface area contributed by atoms with Crippen molar-refractivity contribution in [3.63, 3.8) is 0 Å². The monoisotopic (exact) mass is 426 g/mol. The molecule has 0 aliphatic carbocycles. The number of aromatic nitrogens is 3. The molecule has 8 nitrogen and oxygen atoms in total. The third-order valence-electron chi connectivity index (χ3n) is 4.43. The zero-order valence-electron chi connectivity index (χ0n) is 16.5. The summed E-state index contributed by atoms with van der Waals surface area (Å²) in [5.74, 6) is 2.14. The predicted octanol–water partition coefficient (Wildman–Crippen LogP) is 3.09. The fraction of sp³-hybridized carbons (Fsp3) is 0.286. The minimum Gasteiger partial charge on any atom is -0.486 e. The first-order chi connectivity index (χ1) is 14.7. The van der Waals surface area contributed by atoms with Gasteiger partial charge >= 0.3 is 0 Å². The fourth-order valence-corrected chi connectivity index (χ4v) is 3.79. The molecular formula is C21H22N4O4S. The van der Waals surface area contributed by atoms with Crippen LogP contribution >= 0.6 is 11.8 Å². The Labute approximate surface area is 178 Å². The van der Waals surface area contributed by atoms with Gasteiger partial charge in [0.15, 0.2) is 22.5 Å². The minimum atomic E-state index is -0.140. The van der Waals surface area contributed by atoms with E-state index >= 15 is 0 Å². The van der Waals surface area contributed by atoms with Crippen LogP contribution in [0.2, 0.25) is 0 Å². The Bertz CT molecular complexity index is 1010. The quantitative estimate of drug-likeness (QED) is 0.554. The third-order valence-corrected chi connectivity index (χ3v) is 5.39. The maximum absolute atomic E-state index is 12.5. The molecule has 3 aromatic rings. The molecule has 2 aromatic carbocycles. The standard InChI is InChI=1S/C21H22N4O4S/c1-27-10-9-25-20(15-5-3-2-4-6-15)23-24-21(25)30-14-19(26)22-16-7-8-17-18(13-16)29-12-11-28-17/h2-8,13H,9-12,14H2,1H3,(H,22,26). The van der Waals surface area contributed by atoms with Gasteiger partial charge in [-0.1, -0.05) is 42.1 Å². The Balaban J connectivity index is 1.42. The lowest BCUT2D eigenvalue weighted by Crippen LogP contribution is -2.17. The number of hydrogen-bond donors (Lipinski definition) is 1. The molecule has 0 atom stereocenters. The van der Waals surface area contributed by atoms with Crippen LogP contribution in [0.1, 0.15) is 0 Å². The van der Waals surface area contributed by atoms with Gasteiger partial charge in [-0.25, -0.2) is 0 Å². The summed E-state index contributed by atoms with van der Waals surface area (Å²) in [6.07, 6.45) is 0. The summed E-state index contributed by atoms with van der Waals surface area (Å²) >= 11 is 1.33. The van der Waals surface area contributed by atoms with Crippen molar-refractivity contribution in [3.8, 4) is 22.9 Å². The van der Waals surface area contributed by atoms with Gasteiger partial charge in [-0.2, -0.15) is 0 Å². The topological polar surface area (TPSA) is 87.5 Å². The highest BCUT2D eigenvalue weighted by atomic mass is 32.2. The zero-order chi connectivity index (χ0) is 20.8. The first-order valence-corrected chi connectivity index (χ1v) is 10.5. The average Bonchev–Trinajstić information content (AvgIpc) is 3.19. The Hall–Kier alpha value is -3.04. The van der Waals surface area contributed by atoms with Crippen molar-refractivity contribution in [1.29, 1.82) is 0 Å². The second-order valence-corrected chi connectivity index (χ2v) is 7.45. The Morgan fingerprint density at radius 3 is 2.73 bits per heavy atom. The molecule has 1 aromatic heterocycles. The van der Waals surface area contributed by atoms with Gasteiger partial charge in [0.05, 0.1) is 18.9 Å². The number of methoxy groups -OCH3 is 1. The number of ether oxygens (including phenoxy) is 3. The van der Waals surface area contributed by atoms with Crippen LogP contribution in [0.4, 0.5) is 5.69 Å². The largest absolute Gasteiger partial charge is 0.486 e. The summed E-state index contributed by atoms with van der Waals surface area (Å²) in [6.45, 7) is 2.15. The minimum absolute atomic E-state index is 0.140. The molecule has 4 rings (SSSR count). The normalized spacial score (nSPS) is 12.6. The predicted molar refractivity (Wildman–Crippen MR) is 114 cm³/mol. The highest BCUT2D eigenvalue weighted by molar-refractivity contribution is 7.99. The molecule has 0 fully saturated rings. The molecule has 0 saturated heterocycles. The van der Waals surface area contributed by atoms with Crippen molar-refractivity contribution in [2.24, 2.45) is 0 Å². The number of carbonyl (C=O) groups is 1. The molecule has 2 heterocycles. The highest BCUT2D eigenvalue weighted by Gasteiger charge is 2.16. The van der Waals surface area contributed by atoms with E-state index in [9.17, 15) is 4.79 Å². The van der Waals surface area contributed by atoms with Crippen molar-refractivity contribution in [3.05, 3.63) is 48.5 Å². The summed E-state index contributed by atoms with van der Waals surface area (Å²) in [5, 5.41) is 12.2. The van der Waals surface area contributed by atoms with Gasteiger partial charge in [-0.15, -0.1) is 10.2 Å². The van der Waals surface area contributed by atoms with E-state index in [0.717, 1.165) is 11.4 Å². The highest BCUT2D eigenvalue weighted by Crippen LogP contribution is 2.32. The lowest BCUT2D eigenvalue weighted by molar-refractivity contribution is -0.113. The SMILES string of the molecule is COCCn1c(SCC(=O)Nc2ccc3c(c2)OCCO3)nnc1-c1ccccc1. The Morgan fingerprint density at radius 1 is 1.13 bits per heavy atom. The van der Waals surface area contributed by atoms with Gasteiger partial charge in [0, 0.05) is 24.4 Å². The Kier molecular flexibility index (Phi) is 6.50. The van der Waals surface area contributed by atoms with Crippen molar-refractivity contribution < 1.29 is 19.0 Å². The third kappa shape index (κ3) is 4.74. The number of rotatable bonds is 8. The number of anilines is 1. The van der Waals surface area contributed by atoms with Gasteiger partial charge in [-0.3, -0.25) is 9.36 Å². The molecular weight excluding hydrogens is 404 g/mol. The number of benzene rings is 2. The van der Waals surface area contributed by atoms with Crippen LogP contribution in [0.25, 0.3) is 11.4 Å². The number of fused-ring (bicyclic) bond motifs is 1. The number of amides is 1. The molecule has 0 spiro atoms. The lowest BCUT2D eigenvalue weighted by Gasteiger charge is -2.19. The molecule has 1 aliphatic rings. The number of nitrogens with one attached hydrogen (secondary N) is 1. The van der Waals surface area contributed by atoms with E-state index in [0.29, 0.717) is 48.7 Å². The van der Waals surface area contributed by atoms with E-state index in [1.165, 1.54) is 11.8 Å². The molecule has 9 heteroatoms. The van der Waals surface area contributed by atoms with Crippen molar-refractivity contribution in [2.75, 3.05) is 38.0 Å². The molecule has 0 bridgehead atoms. The van der Waals surface area contributed by atoms with Crippen molar-refractivity contribution in [1.82, 2.24) is 14.8 Å². The van der Waals surface area contributed by atoms with Crippen molar-refractivity contribution in [2.45, 2.75) is 11.7 Å². The second kappa shape index (κ2) is 9.64. The van der Waals surface area contributed by atoms with E-state index < -0.39 is 0 Å². The first-order valence-electron chi connectivity index (χ1n) is 9.54. The summed E-state index contributed by atoms with van der Waals surface area (Å²) < 4.78 is 18.3. The smallest absolute Gasteiger partial charge is 0.234 e. The zero-order valence-corrected chi connectivity index (χ0v) is 17.4. The van der Waals surface area contributed by atoms with Crippen LogP contribution < -0.4 is 14.8 Å². The van der Waals surface area contributed by atoms with Crippen LogP contribution in [-0.2, 0) is 16.1 Å². The van der Waals surface area contributed by atoms with Gasteiger partial charge in [0.2, 0.25) is 5.91 Å². The van der Waals surface area contributed by atoms with Gasteiger partial charge in [-0.05, 0) is 12.1 Å². The van der Waals surface area contributed by atoms with E-state index in [4.69, 9.17) is 14.2 Å². The number of nitrogens with zero attached hydrogens (tertiary/aromatic N) is 3. The van der Waals surface area contributed by atoms with Crippen LogP contribution in [0.15, 0.2) is 53.7 Å². The van der Waals surface area contributed by atoms with Crippen molar-refractivity contribution >= 4 is 23.4 Å². The number of hydrogen-bond acceptors (Lipinski definition) is 7. The van der Waals surface area contributed by atoms with Crippen LogP contribution in [-0.4, -0.2) is 53.4 Å². The Morgan fingerprint density at radius 2 is 1.93 bits per heavy atom. The van der Waals surface area contributed by atoms with E-state index in [1.807, 2.05) is 34.9 Å². The van der Waals surface area contributed by atoms with E-state index in [1.54, 1.807) is 25.3 Å². The van der Waals surface area contributed by atoms with E-state index in [-0.39, 0.29) is 11.7 Å². The second-order valence-electron chi connectivity index (χ2n) is 6.51. The molecule has 0 saturated carbocycles. The fourth-order valence-electron chi connectivity index (χ4n) is 3.03. The molecule has 1 aliphatic heterocycles. The first kappa shape index (κ1) is 20.2. The summed E-state index contributed by atoms with van der Waals surface area (Å²) in [6, 6.07) is 15.2. The maximum atomic E-state index is 12.5. The summed E-state index contributed by atoms with van der Waals surface area (Å²) in [5.41, 5.74) is 1.63. The van der Waals surface area contributed by atoms with Crippen LogP contribution in [0.3, 0.4) is 0 Å². The van der Waals surface area contributed by atoms with Crippen LogP contribution in [0, 0.1) is 0 Å². The molecule has 1 amide bonds. The van der Waals surface area contributed by atoms with Gasteiger partial charge in [0.25, 0.3) is 0 Å². The number of carbonyl (C=O) groups excluding carboxylic acids is 1. The molecule has 0 radical (unpaired) electrons. The van der Waals surface area contributed by atoms with Gasteiger partial charge in [0.1, 0.15) is 13.2 Å². The average molecular weight is 426 g/mol. The van der Waals surface area contributed by atoms with E-state index in [2.05, 4.69) is 15.5 Å². The maximum Gasteiger partial charge on any atom is 0.234 e. The molecule has 30 heavy (non-hydrogen) atoms. The van der Waals surface area contributed by atoms with Gasteiger partial charge < -0.3 is 19.5 Å². The molecule has 156 valence electrons.